The fourth-order valence-corrected chi connectivity index (χ4v) is 4.19. The standard InChI is InChI=1S/C24H33N3O6S/c1-6-14-25-24(29)18(2)26(16-19-10-8-7-9-11-19)23(28)17-27(34(5,30)31)21-15-20(32-3)12-13-22(21)33-4/h7-13,15,18H,6,14,16-17H2,1-5H3,(H,25,29)/t18-/m0/s1. The molecule has 2 aromatic rings. The summed E-state index contributed by atoms with van der Waals surface area (Å²) in [5.74, 6) is -0.165. The SMILES string of the molecule is CCCNC(=O)[C@H](C)N(Cc1ccccc1)C(=O)CN(c1cc(OC)ccc1OC)S(C)(=O)=O. The van der Waals surface area contributed by atoms with E-state index in [2.05, 4.69) is 5.32 Å². The van der Waals surface area contributed by atoms with Crippen LogP contribution in [0.15, 0.2) is 48.5 Å². The highest BCUT2D eigenvalue weighted by molar-refractivity contribution is 7.92. The van der Waals surface area contributed by atoms with Crippen molar-refractivity contribution < 1.29 is 27.5 Å². The van der Waals surface area contributed by atoms with Crippen LogP contribution in [0, 0.1) is 0 Å². The molecule has 0 heterocycles. The van der Waals surface area contributed by atoms with Gasteiger partial charge in [0.05, 0.1) is 26.2 Å². The summed E-state index contributed by atoms with van der Waals surface area (Å²) in [5, 5.41) is 2.80. The molecule has 186 valence electrons. The van der Waals surface area contributed by atoms with Gasteiger partial charge in [0.15, 0.2) is 0 Å². The van der Waals surface area contributed by atoms with Crippen LogP contribution in [0.5, 0.6) is 11.5 Å². The van der Waals surface area contributed by atoms with Gasteiger partial charge in [-0.3, -0.25) is 13.9 Å². The Hall–Kier alpha value is -3.27. The average molecular weight is 492 g/mol. The first-order chi connectivity index (χ1) is 16.1. The van der Waals surface area contributed by atoms with Gasteiger partial charge in [-0.05, 0) is 31.0 Å². The summed E-state index contributed by atoms with van der Waals surface area (Å²) in [6, 6.07) is 13.1. The molecule has 0 bridgehead atoms. The van der Waals surface area contributed by atoms with Gasteiger partial charge in [0, 0.05) is 19.2 Å². The van der Waals surface area contributed by atoms with Gasteiger partial charge in [-0.2, -0.15) is 0 Å². The van der Waals surface area contributed by atoms with Gasteiger partial charge in [-0.25, -0.2) is 8.42 Å². The Morgan fingerprint density at radius 1 is 1.06 bits per heavy atom. The highest BCUT2D eigenvalue weighted by Crippen LogP contribution is 2.33. The lowest BCUT2D eigenvalue weighted by atomic mass is 10.1. The number of sulfonamides is 1. The number of benzene rings is 2. The Bertz CT molecular complexity index is 1080. The minimum atomic E-state index is -3.89. The highest BCUT2D eigenvalue weighted by Gasteiger charge is 2.31. The van der Waals surface area contributed by atoms with Gasteiger partial charge in [0.2, 0.25) is 21.8 Å². The molecule has 0 saturated heterocycles. The van der Waals surface area contributed by atoms with Crippen LogP contribution in [-0.2, 0) is 26.2 Å². The van der Waals surface area contributed by atoms with Crippen molar-refractivity contribution in [1.82, 2.24) is 10.2 Å². The second-order valence-corrected chi connectivity index (χ2v) is 9.69. The molecule has 1 atom stereocenters. The average Bonchev–Trinajstić information content (AvgIpc) is 2.83. The van der Waals surface area contributed by atoms with E-state index in [-0.39, 0.29) is 23.9 Å². The van der Waals surface area contributed by atoms with Gasteiger partial charge >= 0.3 is 0 Å². The van der Waals surface area contributed by atoms with E-state index >= 15 is 0 Å². The van der Waals surface area contributed by atoms with E-state index in [0.29, 0.717) is 12.3 Å². The Kier molecular flexibility index (Phi) is 9.73. The molecule has 2 rings (SSSR count). The number of rotatable bonds is 12. The monoisotopic (exact) mass is 491 g/mol. The summed E-state index contributed by atoms with van der Waals surface area (Å²) in [7, 11) is -1.02. The first-order valence-corrected chi connectivity index (χ1v) is 12.8. The number of carbonyl (C=O) groups excluding carboxylic acids is 2. The maximum absolute atomic E-state index is 13.5. The zero-order valence-electron chi connectivity index (χ0n) is 20.3. The number of methoxy groups -OCH3 is 2. The van der Waals surface area contributed by atoms with Crippen LogP contribution in [0.4, 0.5) is 5.69 Å². The lowest BCUT2D eigenvalue weighted by Gasteiger charge is -2.32. The molecule has 0 fully saturated rings. The van der Waals surface area contributed by atoms with Crippen LogP contribution in [0.25, 0.3) is 0 Å². The maximum Gasteiger partial charge on any atom is 0.244 e. The van der Waals surface area contributed by atoms with Crippen molar-refractivity contribution in [3.63, 3.8) is 0 Å². The molecule has 0 aliphatic heterocycles. The third-order valence-corrected chi connectivity index (χ3v) is 6.37. The Labute approximate surface area is 201 Å². The zero-order valence-corrected chi connectivity index (χ0v) is 21.1. The fraction of sp³-hybridized carbons (Fsp3) is 0.417. The second kappa shape index (κ2) is 12.3. The van der Waals surface area contributed by atoms with Crippen LogP contribution >= 0.6 is 0 Å². The zero-order chi connectivity index (χ0) is 25.3. The van der Waals surface area contributed by atoms with E-state index in [1.54, 1.807) is 19.1 Å². The molecule has 0 aliphatic carbocycles. The molecule has 10 heteroatoms. The fourth-order valence-electron chi connectivity index (χ4n) is 3.35. The summed E-state index contributed by atoms with van der Waals surface area (Å²) in [6.07, 6.45) is 1.76. The molecule has 0 aliphatic rings. The van der Waals surface area contributed by atoms with Crippen molar-refractivity contribution in [1.29, 1.82) is 0 Å². The van der Waals surface area contributed by atoms with Crippen molar-refractivity contribution in [2.24, 2.45) is 0 Å². The molecule has 0 unspecified atom stereocenters. The lowest BCUT2D eigenvalue weighted by Crippen LogP contribution is -2.51. The summed E-state index contributed by atoms with van der Waals surface area (Å²) in [6.45, 7) is 3.67. The Morgan fingerprint density at radius 2 is 1.74 bits per heavy atom. The quantitative estimate of drug-likeness (QED) is 0.489. The van der Waals surface area contributed by atoms with Gasteiger partial charge in [0.1, 0.15) is 24.1 Å². The summed E-state index contributed by atoms with van der Waals surface area (Å²) in [5.41, 5.74) is 0.983. The first kappa shape index (κ1) is 27.0. The normalized spacial score (nSPS) is 11.9. The molecule has 2 aromatic carbocycles. The van der Waals surface area contributed by atoms with Crippen molar-refractivity contribution in [3.8, 4) is 11.5 Å². The first-order valence-electron chi connectivity index (χ1n) is 10.9. The molecule has 0 aromatic heterocycles. The van der Waals surface area contributed by atoms with Crippen molar-refractivity contribution in [2.45, 2.75) is 32.9 Å². The van der Waals surface area contributed by atoms with Gasteiger partial charge in [-0.1, -0.05) is 37.3 Å². The molecular weight excluding hydrogens is 458 g/mol. The van der Waals surface area contributed by atoms with Crippen LogP contribution in [0.2, 0.25) is 0 Å². The maximum atomic E-state index is 13.5. The topological polar surface area (TPSA) is 105 Å². The third kappa shape index (κ3) is 7.11. The van der Waals surface area contributed by atoms with E-state index in [4.69, 9.17) is 9.47 Å². The lowest BCUT2D eigenvalue weighted by molar-refractivity contribution is -0.139. The van der Waals surface area contributed by atoms with Crippen LogP contribution < -0.4 is 19.1 Å². The van der Waals surface area contributed by atoms with E-state index in [1.165, 1.54) is 25.2 Å². The molecule has 34 heavy (non-hydrogen) atoms. The van der Waals surface area contributed by atoms with Gasteiger partial charge in [0.25, 0.3) is 0 Å². The van der Waals surface area contributed by atoms with Crippen molar-refractivity contribution in [2.75, 3.05) is 37.9 Å². The highest BCUT2D eigenvalue weighted by atomic mass is 32.2. The van der Waals surface area contributed by atoms with E-state index in [9.17, 15) is 18.0 Å². The molecule has 0 spiro atoms. The van der Waals surface area contributed by atoms with Gasteiger partial charge in [-0.15, -0.1) is 0 Å². The Morgan fingerprint density at radius 3 is 2.29 bits per heavy atom. The minimum Gasteiger partial charge on any atom is -0.497 e. The second-order valence-electron chi connectivity index (χ2n) is 7.78. The minimum absolute atomic E-state index is 0.146. The molecule has 0 radical (unpaired) electrons. The Balaban J connectivity index is 2.44. The van der Waals surface area contributed by atoms with Crippen LogP contribution in [-0.4, -0.2) is 64.7 Å². The van der Waals surface area contributed by atoms with Crippen LogP contribution in [0.3, 0.4) is 0 Å². The largest absolute Gasteiger partial charge is 0.497 e. The molecule has 0 saturated carbocycles. The number of nitrogens with zero attached hydrogens (tertiary/aromatic N) is 2. The molecule has 2 amide bonds. The third-order valence-electron chi connectivity index (χ3n) is 5.25. The number of amides is 2. The summed E-state index contributed by atoms with van der Waals surface area (Å²) < 4.78 is 37.0. The van der Waals surface area contributed by atoms with E-state index in [0.717, 1.165) is 22.5 Å². The van der Waals surface area contributed by atoms with Gasteiger partial charge < -0.3 is 19.7 Å². The number of nitrogens with one attached hydrogen (secondary N) is 1. The molecule has 1 N–H and O–H groups in total. The number of ether oxygens (including phenoxy) is 2. The van der Waals surface area contributed by atoms with Crippen molar-refractivity contribution in [3.05, 3.63) is 54.1 Å². The summed E-state index contributed by atoms with van der Waals surface area (Å²) in [4.78, 5) is 27.6. The number of carbonyl (C=O) groups is 2. The molecular formula is C24H33N3O6S. The van der Waals surface area contributed by atoms with Crippen molar-refractivity contribution >= 4 is 27.5 Å². The van der Waals surface area contributed by atoms with Crippen LogP contribution in [0.1, 0.15) is 25.8 Å². The van der Waals surface area contributed by atoms with E-state index in [1.807, 2.05) is 37.3 Å². The predicted octanol–water partition coefficient (Wildman–Crippen LogP) is 2.41. The number of hydrogen-bond donors (Lipinski definition) is 1. The summed E-state index contributed by atoms with van der Waals surface area (Å²) >= 11 is 0. The smallest absolute Gasteiger partial charge is 0.244 e. The predicted molar refractivity (Wildman–Crippen MR) is 131 cm³/mol. The number of anilines is 1. The molecule has 9 nitrogen and oxygen atoms in total. The van der Waals surface area contributed by atoms with E-state index < -0.39 is 28.5 Å². The number of hydrogen-bond acceptors (Lipinski definition) is 6.